The van der Waals surface area contributed by atoms with E-state index >= 15 is 0 Å². The molecule has 0 saturated carbocycles. The topological polar surface area (TPSA) is 44.8 Å². The Kier molecular flexibility index (Phi) is 5.81. The van der Waals surface area contributed by atoms with E-state index in [1.54, 1.807) is 23.2 Å². The molecule has 0 aliphatic carbocycles. The first-order chi connectivity index (χ1) is 14.2. The number of halogens is 1. The molecule has 2 atom stereocenters. The van der Waals surface area contributed by atoms with Crippen LogP contribution in [0, 0.1) is 5.82 Å². The van der Waals surface area contributed by atoms with Gasteiger partial charge >= 0.3 is 0 Å². The van der Waals surface area contributed by atoms with E-state index in [9.17, 15) is 9.18 Å². The maximum absolute atomic E-state index is 13.1. The van der Waals surface area contributed by atoms with Crippen molar-refractivity contribution in [1.29, 1.82) is 0 Å². The summed E-state index contributed by atoms with van der Waals surface area (Å²) in [5.41, 5.74) is 5.40. The van der Waals surface area contributed by atoms with Crippen LogP contribution in [0.25, 0.3) is 0 Å². The third kappa shape index (κ3) is 4.27. The van der Waals surface area contributed by atoms with Crippen molar-refractivity contribution >= 4 is 5.91 Å². The number of ether oxygens (including phenoxy) is 1. The van der Waals surface area contributed by atoms with Gasteiger partial charge in [-0.25, -0.2) is 9.82 Å². The van der Waals surface area contributed by atoms with Gasteiger partial charge in [-0.2, -0.15) is 0 Å². The number of carbonyl (C=O) groups is 1. The average Bonchev–Trinajstić information content (AvgIpc) is 3.17. The lowest BCUT2D eigenvalue weighted by molar-refractivity contribution is -0.134. The van der Waals surface area contributed by atoms with Crippen LogP contribution in [0.2, 0.25) is 0 Å². The highest BCUT2D eigenvalue weighted by Gasteiger charge is 2.40. The number of rotatable bonds is 7. The molecule has 1 N–H and O–H groups in total. The molecule has 1 fully saturated rings. The summed E-state index contributed by atoms with van der Waals surface area (Å²) in [5.74, 6) is 0.636. The maximum atomic E-state index is 13.1. The first-order valence-corrected chi connectivity index (χ1v) is 10.1. The summed E-state index contributed by atoms with van der Waals surface area (Å²) in [6, 6.07) is 14.0. The number of benzene rings is 2. The molecule has 0 radical (unpaired) electrons. The van der Waals surface area contributed by atoms with Crippen molar-refractivity contribution < 1.29 is 13.9 Å². The minimum absolute atomic E-state index is 0.0113. The van der Waals surface area contributed by atoms with E-state index in [2.05, 4.69) is 18.4 Å². The van der Waals surface area contributed by atoms with Crippen molar-refractivity contribution in [2.24, 2.45) is 0 Å². The highest BCUT2D eigenvalue weighted by atomic mass is 19.1. The van der Waals surface area contributed by atoms with E-state index < -0.39 is 0 Å². The minimum atomic E-state index is -0.275. The zero-order valence-electron chi connectivity index (χ0n) is 16.6. The molecule has 2 aromatic rings. The van der Waals surface area contributed by atoms with Gasteiger partial charge in [0, 0.05) is 18.0 Å². The van der Waals surface area contributed by atoms with Crippen molar-refractivity contribution in [3.05, 3.63) is 77.9 Å². The molecule has 1 amide bonds. The normalized spacial score (nSPS) is 20.8. The van der Waals surface area contributed by atoms with Gasteiger partial charge < -0.3 is 14.6 Å². The predicted molar refractivity (Wildman–Crippen MR) is 109 cm³/mol. The van der Waals surface area contributed by atoms with Crippen LogP contribution in [0.15, 0.2) is 60.9 Å². The average molecular weight is 395 g/mol. The molecule has 4 rings (SSSR count). The molecule has 1 saturated heterocycles. The molecule has 2 aliphatic rings. The second-order valence-electron chi connectivity index (χ2n) is 7.47. The number of para-hydroxylation sites is 1. The van der Waals surface area contributed by atoms with Gasteiger partial charge in [0.15, 0.2) is 0 Å². The lowest BCUT2D eigenvalue weighted by atomic mass is 10.00. The van der Waals surface area contributed by atoms with Crippen LogP contribution in [-0.4, -0.2) is 28.5 Å². The number of nitrogens with one attached hydrogen (secondary N) is 1. The molecule has 29 heavy (non-hydrogen) atoms. The monoisotopic (exact) mass is 395 g/mol. The first kappa shape index (κ1) is 19.5. The Morgan fingerprint density at radius 3 is 2.72 bits per heavy atom. The van der Waals surface area contributed by atoms with E-state index in [0.717, 1.165) is 29.7 Å². The second-order valence-corrected chi connectivity index (χ2v) is 7.47. The van der Waals surface area contributed by atoms with E-state index in [1.807, 2.05) is 29.4 Å². The van der Waals surface area contributed by atoms with Crippen LogP contribution >= 0.6 is 0 Å². The third-order valence-corrected chi connectivity index (χ3v) is 5.39. The largest absolute Gasteiger partial charge is 0.493 e. The molecule has 0 aromatic heterocycles. The lowest BCUT2D eigenvalue weighted by Crippen LogP contribution is -2.47. The number of hydrogen-bond donors (Lipinski definition) is 1. The summed E-state index contributed by atoms with van der Waals surface area (Å²) < 4.78 is 19.1. The van der Waals surface area contributed by atoms with Crippen LogP contribution in [0.4, 0.5) is 4.39 Å². The number of fused-ring (bicyclic) bond motifs is 1. The molecule has 2 heterocycles. The SMILES string of the molecule is CCCCOc1ccccc1C1CC2C(=O)N(Cc3ccc(F)cc3)C=CN2N1. The lowest BCUT2D eigenvalue weighted by Gasteiger charge is -2.31. The zero-order chi connectivity index (χ0) is 20.2. The molecule has 0 bridgehead atoms. The zero-order valence-corrected chi connectivity index (χ0v) is 16.6. The fraction of sp³-hybridized carbons (Fsp3) is 0.348. The Hall–Kier alpha value is -2.86. The van der Waals surface area contributed by atoms with Gasteiger partial charge in [-0.3, -0.25) is 4.79 Å². The van der Waals surface area contributed by atoms with Crippen LogP contribution in [0.5, 0.6) is 5.75 Å². The highest BCUT2D eigenvalue weighted by molar-refractivity contribution is 5.84. The fourth-order valence-electron chi connectivity index (χ4n) is 3.78. The van der Waals surface area contributed by atoms with Gasteiger partial charge in [-0.15, -0.1) is 0 Å². The number of hydrazine groups is 1. The number of amides is 1. The molecular formula is C23H26FN3O2. The van der Waals surface area contributed by atoms with Crippen molar-refractivity contribution in [2.75, 3.05) is 6.61 Å². The Morgan fingerprint density at radius 1 is 1.14 bits per heavy atom. The van der Waals surface area contributed by atoms with Gasteiger partial charge in [0.1, 0.15) is 17.6 Å². The van der Waals surface area contributed by atoms with Gasteiger partial charge in [0.05, 0.1) is 19.2 Å². The molecule has 0 spiro atoms. The van der Waals surface area contributed by atoms with Crippen LogP contribution in [0.1, 0.15) is 43.4 Å². The van der Waals surface area contributed by atoms with Gasteiger partial charge in [0.2, 0.25) is 0 Å². The molecule has 152 valence electrons. The van der Waals surface area contributed by atoms with Crippen LogP contribution in [-0.2, 0) is 11.3 Å². The van der Waals surface area contributed by atoms with Crippen LogP contribution < -0.4 is 10.2 Å². The Balaban J connectivity index is 1.45. The summed E-state index contributed by atoms with van der Waals surface area (Å²) in [5, 5.41) is 1.89. The summed E-state index contributed by atoms with van der Waals surface area (Å²) >= 11 is 0. The molecule has 2 unspecified atom stereocenters. The summed E-state index contributed by atoms with van der Waals surface area (Å²) in [7, 11) is 0. The number of carbonyl (C=O) groups excluding carboxylic acids is 1. The Morgan fingerprint density at radius 2 is 1.93 bits per heavy atom. The molecule has 2 aromatic carbocycles. The maximum Gasteiger partial charge on any atom is 0.251 e. The second kappa shape index (κ2) is 8.66. The minimum Gasteiger partial charge on any atom is -0.493 e. The number of hydrogen-bond acceptors (Lipinski definition) is 4. The van der Waals surface area contributed by atoms with E-state index in [1.165, 1.54) is 12.1 Å². The molecular weight excluding hydrogens is 369 g/mol. The number of nitrogens with zero attached hydrogens (tertiary/aromatic N) is 2. The quantitative estimate of drug-likeness (QED) is 0.716. The van der Waals surface area contributed by atoms with Crippen molar-refractivity contribution in [1.82, 2.24) is 15.3 Å². The highest BCUT2D eigenvalue weighted by Crippen LogP contribution is 2.35. The predicted octanol–water partition coefficient (Wildman–Crippen LogP) is 4.14. The summed E-state index contributed by atoms with van der Waals surface area (Å²) in [6.07, 6.45) is 6.44. The molecule has 6 heteroatoms. The van der Waals surface area contributed by atoms with Gasteiger partial charge in [-0.1, -0.05) is 43.7 Å². The van der Waals surface area contributed by atoms with Crippen molar-refractivity contribution in [3.63, 3.8) is 0 Å². The van der Waals surface area contributed by atoms with Crippen molar-refractivity contribution in [3.8, 4) is 5.75 Å². The number of unbranched alkanes of at least 4 members (excludes halogenated alkanes) is 1. The smallest absolute Gasteiger partial charge is 0.251 e. The summed E-state index contributed by atoms with van der Waals surface area (Å²) in [4.78, 5) is 14.7. The van der Waals surface area contributed by atoms with E-state index in [4.69, 9.17) is 4.74 Å². The Labute approximate surface area is 170 Å². The van der Waals surface area contributed by atoms with Gasteiger partial charge in [0.25, 0.3) is 5.91 Å². The van der Waals surface area contributed by atoms with Gasteiger partial charge in [-0.05, 0) is 36.6 Å². The van der Waals surface area contributed by atoms with E-state index in [-0.39, 0.29) is 23.8 Å². The molecule has 5 nitrogen and oxygen atoms in total. The first-order valence-electron chi connectivity index (χ1n) is 10.1. The van der Waals surface area contributed by atoms with Crippen LogP contribution in [0.3, 0.4) is 0 Å². The fourth-order valence-corrected chi connectivity index (χ4v) is 3.78. The van der Waals surface area contributed by atoms with Crippen molar-refractivity contribution in [2.45, 2.75) is 44.8 Å². The van der Waals surface area contributed by atoms with E-state index in [0.29, 0.717) is 19.6 Å². The standard InChI is InChI=1S/C23H26FN3O2/c1-2-3-14-29-22-7-5-4-6-19(22)20-15-21-23(28)26(12-13-27(21)25-20)16-17-8-10-18(24)11-9-17/h4-13,20-21,25H,2-3,14-16H2,1H3. The summed E-state index contributed by atoms with van der Waals surface area (Å²) in [6.45, 7) is 3.26. The third-order valence-electron chi connectivity index (χ3n) is 5.39. The molecule has 2 aliphatic heterocycles. The Bertz CT molecular complexity index is 884.